The molecule has 5 saturated carbocycles. The molecule has 5 fully saturated rings. The first-order valence-electron chi connectivity index (χ1n) is 11.7. The molecule has 0 spiro atoms. The summed E-state index contributed by atoms with van der Waals surface area (Å²) in [6, 6.07) is 11.3. The molecule has 0 heterocycles. The van der Waals surface area contributed by atoms with Crippen molar-refractivity contribution in [3.63, 3.8) is 0 Å². The van der Waals surface area contributed by atoms with Crippen LogP contribution < -0.4 is 10.2 Å². The van der Waals surface area contributed by atoms with Crippen LogP contribution in [0.4, 0.5) is 5.69 Å². The quantitative estimate of drug-likeness (QED) is 0.765. The maximum Gasteiger partial charge on any atom is 0.241 e. The highest BCUT2D eigenvalue weighted by Gasteiger charge is 2.54. The van der Waals surface area contributed by atoms with Gasteiger partial charge in [0.25, 0.3) is 0 Å². The van der Waals surface area contributed by atoms with Gasteiger partial charge in [0.15, 0.2) is 0 Å². The van der Waals surface area contributed by atoms with Gasteiger partial charge in [-0.1, -0.05) is 44.4 Å². The summed E-state index contributed by atoms with van der Waals surface area (Å²) in [5, 5.41) is 3.80. The number of rotatable bonds is 5. The van der Waals surface area contributed by atoms with Crippen molar-refractivity contribution in [2.45, 2.75) is 83.2 Å². The van der Waals surface area contributed by atoms with E-state index in [4.69, 9.17) is 0 Å². The van der Waals surface area contributed by atoms with Crippen LogP contribution >= 0.6 is 0 Å². The maximum absolute atomic E-state index is 13.4. The van der Waals surface area contributed by atoms with Crippen molar-refractivity contribution in [2.24, 2.45) is 23.2 Å². The third-order valence-electron chi connectivity index (χ3n) is 8.39. The summed E-state index contributed by atoms with van der Waals surface area (Å²) < 4.78 is 0. The van der Waals surface area contributed by atoms with Gasteiger partial charge in [0.1, 0.15) is 0 Å². The number of hydrogen-bond acceptors (Lipinski definition) is 2. The summed E-state index contributed by atoms with van der Waals surface area (Å²) >= 11 is 0. The summed E-state index contributed by atoms with van der Waals surface area (Å²) in [4.78, 5) is 15.6. The van der Waals surface area contributed by atoms with Gasteiger partial charge in [-0.25, -0.2) is 0 Å². The van der Waals surface area contributed by atoms with E-state index in [1.165, 1.54) is 51.4 Å². The second-order valence-corrected chi connectivity index (χ2v) is 10.5. The zero-order chi connectivity index (χ0) is 19.1. The van der Waals surface area contributed by atoms with Gasteiger partial charge in [-0.3, -0.25) is 4.79 Å². The number of hydrogen-bond donors (Lipinski definition) is 1. The SMILES string of the molecule is CC12CC3CC(CC(C3)C1NCC(=O)N(c1ccccc1)C1CCCCC1)C2. The molecule has 5 aliphatic carbocycles. The van der Waals surface area contributed by atoms with Gasteiger partial charge in [0.05, 0.1) is 6.54 Å². The van der Waals surface area contributed by atoms with Crippen molar-refractivity contribution in [1.29, 1.82) is 0 Å². The molecule has 0 saturated heterocycles. The third kappa shape index (κ3) is 3.40. The number of carbonyl (C=O) groups is 1. The van der Waals surface area contributed by atoms with E-state index in [0.29, 0.717) is 24.0 Å². The van der Waals surface area contributed by atoms with Crippen molar-refractivity contribution in [3.8, 4) is 0 Å². The van der Waals surface area contributed by atoms with Crippen molar-refractivity contribution in [2.75, 3.05) is 11.4 Å². The molecule has 3 unspecified atom stereocenters. The predicted molar refractivity (Wildman–Crippen MR) is 114 cm³/mol. The van der Waals surface area contributed by atoms with Crippen LogP contribution in [0, 0.1) is 23.2 Å². The van der Waals surface area contributed by atoms with Crippen LogP contribution in [0.3, 0.4) is 0 Å². The molecule has 1 aromatic rings. The van der Waals surface area contributed by atoms with Crippen molar-refractivity contribution in [1.82, 2.24) is 5.32 Å². The van der Waals surface area contributed by atoms with Crippen LogP contribution in [0.15, 0.2) is 30.3 Å². The lowest BCUT2D eigenvalue weighted by molar-refractivity contribution is -0.120. The number of carbonyl (C=O) groups excluding carboxylic acids is 1. The molecular weight excluding hydrogens is 344 g/mol. The molecule has 3 heteroatoms. The minimum absolute atomic E-state index is 0.274. The van der Waals surface area contributed by atoms with Crippen LogP contribution in [0.25, 0.3) is 0 Å². The van der Waals surface area contributed by atoms with Crippen molar-refractivity contribution < 1.29 is 4.79 Å². The van der Waals surface area contributed by atoms with Crippen molar-refractivity contribution in [3.05, 3.63) is 30.3 Å². The summed E-state index contributed by atoms with van der Waals surface area (Å²) in [5.74, 6) is 2.98. The lowest BCUT2D eigenvalue weighted by Crippen LogP contribution is -2.61. The van der Waals surface area contributed by atoms with Crippen LogP contribution in [0.1, 0.15) is 71.1 Å². The van der Waals surface area contributed by atoms with E-state index in [1.54, 1.807) is 0 Å². The maximum atomic E-state index is 13.4. The van der Waals surface area contributed by atoms with E-state index in [-0.39, 0.29) is 5.91 Å². The van der Waals surface area contributed by atoms with Crippen LogP contribution in [0.5, 0.6) is 0 Å². The normalized spacial score (nSPS) is 37.2. The summed E-state index contributed by atoms with van der Waals surface area (Å²) in [6.07, 6.45) is 13.1. The molecule has 4 bridgehead atoms. The molecule has 5 aliphatic rings. The number of anilines is 1. The first-order valence-corrected chi connectivity index (χ1v) is 11.7. The lowest BCUT2D eigenvalue weighted by Gasteiger charge is -2.60. The molecule has 3 atom stereocenters. The fourth-order valence-electron chi connectivity index (χ4n) is 7.63. The van der Waals surface area contributed by atoms with E-state index in [2.05, 4.69) is 41.4 Å². The van der Waals surface area contributed by atoms with Gasteiger partial charge in [0, 0.05) is 17.8 Å². The molecule has 6 rings (SSSR count). The molecule has 1 aromatic carbocycles. The standard InChI is InChI=1S/C25H36N2O/c1-25-15-18-12-19(16-25)14-20(13-18)24(25)26-17-23(28)27(21-8-4-2-5-9-21)22-10-6-3-7-11-22/h2,4-5,8-9,18-20,22,24,26H,3,6-7,10-17H2,1H3. The Morgan fingerprint density at radius 2 is 1.71 bits per heavy atom. The second-order valence-electron chi connectivity index (χ2n) is 10.5. The molecule has 1 amide bonds. The largest absolute Gasteiger partial charge is 0.308 e. The number of para-hydroxylation sites is 1. The second kappa shape index (κ2) is 7.48. The Labute approximate surface area is 170 Å². The highest BCUT2D eigenvalue weighted by atomic mass is 16.2. The predicted octanol–water partition coefficient (Wildman–Crippen LogP) is 5.16. The Hall–Kier alpha value is -1.35. The topological polar surface area (TPSA) is 32.3 Å². The lowest BCUT2D eigenvalue weighted by atomic mass is 9.48. The number of amides is 1. The van der Waals surface area contributed by atoms with E-state index >= 15 is 0 Å². The number of benzene rings is 1. The van der Waals surface area contributed by atoms with Gasteiger partial charge >= 0.3 is 0 Å². The first-order chi connectivity index (χ1) is 13.6. The Bertz CT molecular complexity index is 682. The van der Waals surface area contributed by atoms with Gasteiger partial charge in [-0.2, -0.15) is 0 Å². The molecular formula is C25H36N2O. The van der Waals surface area contributed by atoms with Gasteiger partial charge < -0.3 is 10.2 Å². The molecule has 0 aliphatic heterocycles. The Kier molecular flexibility index (Phi) is 4.99. The van der Waals surface area contributed by atoms with Crippen LogP contribution in [0.2, 0.25) is 0 Å². The van der Waals surface area contributed by atoms with E-state index in [9.17, 15) is 4.79 Å². The highest BCUT2D eigenvalue weighted by Crippen LogP contribution is 2.59. The Morgan fingerprint density at radius 1 is 1.04 bits per heavy atom. The monoisotopic (exact) mass is 380 g/mol. The summed E-state index contributed by atoms with van der Waals surface area (Å²) in [6.45, 7) is 2.99. The highest BCUT2D eigenvalue weighted by molar-refractivity contribution is 5.95. The molecule has 1 N–H and O–H groups in total. The van der Waals surface area contributed by atoms with E-state index in [1.807, 2.05) is 6.07 Å². The third-order valence-corrected chi connectivity index (χ3v) is 8.39. The molecule has 152 valence electrons. The van der Waals surface area contributed by atoms with E-state index in [0.717, 1.165) is 36.3 Å². The summed E-state index contributed by atoms with van der Waals surface area (Å²) in [7, 11) is 0. The van der Waals surface area contributed by atoms with Gasteiger partial charge in [-0.15, -0.1) is 0 Å². The van der Waals surface area contributed by atoms with Crippen molar-refractivity contribution >= 4 is 11.6 Å². The minimum atomic E-state index is 0.274. The molecule has 28 heavy (non-hydrogen) atoms. The summed E-state index contributed by atoms with van der Waals surface area (Å²) in [5.41, 5.74) is 1.50. The molecule has 3 nitrogen and oxygen atoms in total. The minimum Gasteiger partial charge on any atom is -0.308 e. The Morgan fingerprint density at radius 3 is 2.36 bits per heavy atom. The van der Waals surface area contributed by atoms with Gasteiger partial charge in [-0.05, 0) is 80.2 Å². The van der Waals surface area contributed by atoms with Gasteiger partial charge in [0.2, 0.25) is 5.91 Å². The average Bonchev–Trinajstić information content (AvgIpc) is 2.68. The zero-order valence-corrected chi connectivity index (χ0v) is 17.4. The smallest absolute Gasteiger partial charge is 0.241 e. The fourth-order valence-corrected chi connectivity index (χ4v) is 7.63. The first kappa shape index (κ1) is 18.7. The Balaban J connectivity index is 1.30. The fraction of sp³-hybridized carbons (Fsp3) is 0.720. The van der Waals surface area contributed by atoms with Crippen LogP contribution in [-0.2, 0) is 4.79 Å². The average molecular weight is 381 g/mol. The van der Waals surface area contributed by atoms with Crippen LogP contribution in [-0.4, -0.2) is 24.5 Å². The molecule has 0 radical (unpaired) electrons. The number of nitrogens with one attached hydrogen (secondary N) is 1. The zero-order valence-electron chi connectivity index (χ0n) is 17.4. The molecule has 0 aromatic heterocycles. The number of nitrogens with zero attached hydrogens (tertiary/aromatic N) is 1. The van der Waals surface area contributed by atoms with E-state index < -0.39 is 0 Å².